The van der Waals surface area contributed by atoms with Crippen molar-refractivity contribution in [3.8, 4) is 17.2 Å². The van der Waals surface area contributed by atoms with Crippen LogP contribution in [0.15, 0.2) is 41.3 Å². The summed E-state index contributed by atoms with van der Waals surface area (Å²) in [6.07, 6.45) is 0. The molecule has 2 aromatic carbocycles. The number of hydrogen-bond acceptors (Lipinski definition) is 5. The Morgan fingerprint density at radius 2 is 1.70 bits per heavy atom. The average molecular weight is 391 g/mol. The van der Waals surface area contributed by atoms with Crippen molar-refractivity contribution in [3.63, 3.8) is 0 Å². The Morgan fingerprint density at radius 3 is 2.37 bits per heavy atom. The first-order chi connectivity index (χ1) is 12.9. The Balaban J connectivity index is 1.41. The molecule has 8 heteroatoms. The number of aromatic hydroxyl groups is 1. The van der Waals surface area contributed by atoms with Gasteiger partial charge in [0, 0.05) is 6.07 Å². The van der Waals surface area contributed by atoms with Crippen LogP contribution >= 0.6 is 0 Å². The van der Waals surface area contributed by atoms with Gasteiger partial charge in [0.1, 0.15) is 12.3 Å². The molecule has 2 aromatic rings. The van der Waals surface area contributed by atoms with Gasteiger partial charge in [0.15, 0.2) is 11.5 Å². The van der Waals surface area contributed by atoms with E-state index in [0.717, 1.165) is 11.1 Å². The largest absolute Gasteiger partial charge is 0.507 e. The fourth-order valence-electron chi connectivity index (χ4n) is 3.46. The van der Waals surface area contributed by atoms with Crippen molar-refractivity contribution < 1.29 is 27.9 Å². The standard InChI is InChI=1S/C19H22N2O5S/c1-14-2-4-16(5-3-14)27(23,24)21-8-6-20(7-9-21)12-15-10-18-19(11-17(15)22)26-13-25-18/h2-5,10-11,22H,6-9,12-13H2,1H3/p+1. The van der Waals surface area contributed by atoms with E-state index in [4.69, 9.17) is 9.47 Å². The highest BCUT2D eigenvalue weighted by Crippen LogP contribution is 2.37. The Labute approximate surface area is 158 Å². The third kappa shape index (κ3) is 3.60. The summed E-state index contributed by atoms with van der Waals surface area (Å²) in [6.45, 7) is 4.98. The smallest absolute Gasteiger partial charge is 0.243 e. The van der Waals surface area contributed by atoms with Crippen LogP contribution in [0, 0.1) is 6.92 Å². The van der Waals surface area contributed by atoms with Crippen LogP contribution in [0.4, 0.5) is 0 Å². The van der Waals surface area contributed by atoms with Gasteiger partial charge in [-0.1, -0.05) is 17.7 Å². The first-order valence-corrected chi connectivity index (χ1v) is 10.4. The SMILES string of the molecule is Cc1ccc(S(=O)(=O)N2CC[NH+](Cc3cc4c(cc3O)OCO4)CC2)cc1. The number of nitrogens with zero attached hydrogens (tertiary/aromatic N) is 1. The summed E-state index contributed by atoms with van der Waals surface area (Å²) in [4.78, 5) is 1.56. The minimum Gasteiger partial charge on any atom is -0.507 e. The van der Waals surface area contributed by atoms with E-state index < -0.39 is 10.0 Å². The lowest BCUT2D eigenvalue weighted by Gasteiger charge is -2.31. The molecular formula is C19H23N2O5S+. The molecule has 7 nitrogen and oxygen atoms in total. The van der Waals surface area contributed by atoms with E-state index in [9.17, 15) is 13.5 Å². The molecule has 0 atom stereocenters. The zero-order valence-corrected chi connectivity index (χ0v) is 16.0. The second kappa shape index (κ2) is 7.03. The van der Waals surface area contributed by atoms with E-state index in [-0.39, 0.29) is 12.5 Å². The normalized spacial score (nSPS) is 18.0. The predicted molar refractivity (Wildman–Crippen MR) is 98.6 cm³/mol. The highest BCUT2D eigenvalue weighted by atomic mass is 32.2. The quantitative estimate of drug-likeness (QED) is 0.794. The second-order valence-corrected chi connectivity index (χ2v) is 8.92. The zero-order valence-electron chi connectivity index (χ0n) is 15.1. The van der Waals surface area contributed by atoms with E-state index in [2.05, 4.69) is 0 Å². The highest BCUT2D eigenvalue weighted by molar-refractivity contribution is 7.89. The molecule has 0 radical (unpaired) electrons. The molecule has 0 aromatic heterocycles. The minimum absolute atomic E-state index is 0.167. The van der Waals surface area contributed by atoms with Crippen LogP contribution in [-0.4, -0.2) is 50.8 Å². The number of quaternary nitrogens is 1. The number of ether oxygens (including phenoxy) is 2. The summed E-state index contributed by atoms with van der Waals surface area (Å²) in [5.74, 6) is 1.38. The number of piperazine rings is 1. The number of benzene rings is 2. The molecule has 4 rings (SSSR count). The number of nitrogens with one attached hydrogen (secondary N) is 1. The van der Waals surface area contributed by atoms with Crippen molar-refractivity contribution >= 4 is 10.0 Å². The van der Waals surface area contributed by atoms with Gasteiger partial charge >= 0.3 is 0 Å². The molecule has 1 fully saturated rings. The molecule has 2 aliphatic heterocycles. The van der Waals surface area contributed by atoms with Crippen LogP contribution in [0.3, 0.4) is 0 Å². The fourth-order valence-corrected chi connectivity index (χ4v) is 4.90. The highest BCUT2D eigenvalue weighted by Gasteiger charge is 2.31. The van der Waals surface area contributed by atoms with Crippen molar-refractivity contribution in [3.05, 3.63) is 47.5 Å². The average Bonchev–Trinajstić information content (AvgIpc) is 3.10. The van der Waals surface area contributed by atoms with Gasteiger partial charge in [0.25, 0.3) is 0 Å². The van der Waals surface area contributed by atoms with E-state index in [0.29, 0.717) is 49.1 Å². The van der Waals surface area contributed by atoms with Crippen molar-refractivity contribution in [2.75, 3.05) is 33.0 Å². The first-order valence-electron chi connectivity index (χ1n) is 8.95. The Morgan fingerprint density at radius 1 is 1.07 bits per heavy atom. The molecule has 0 saturated carbocycles. The zero-order chi connectivity index (χ0) is 19.0. The van der Waals surface area contributed by atoms with Crippen LogP contribution in [0.2, 0.25) is 0 Å². The summed E-state index contributed by atoms with van der Waals surface area (Å²) in [5.41, 5.74) is 1.82. The van der Waals surface area contributed by atoms with E-state index in [1.807, 2.05) is 19.1 Å². The van der Waals surface area contributed by atoms with Gasteiger partial charge in [-0.25, -0.2) is 8.42 Å². The molecule has 1 saturated heterocycles. The predicted octanol–water partition coefficient (Wildman–Crippen LogP) is 0.519. The third-order valence-electron chi connectivity index (χ3n) is 5.10. The van der Waals surface area contributed by atoms with Crippen LogP contribution in [-0.2, 0) is 16.6 Å². The van der Waals surface area contributed by atoms with Gasteiger partial charge < -0.3 is 19.5 Å². The Hall–Kier alpha value is -2.29. The maximum atomic E-state index is 12.8. The van der Waals surface area contributed by atoms with Gasteiger partial charge in [-0.05, 0) is 25.1 Å². The van der Waals surface area contributed by atoms with Gasteiger partial charge in [0.05, 0.1) is 36.6 Å². The molecule has 2 aliphatic rings. The molecule has 0 unspecified atom stereocenters. The van der Waals surface area contributed by atoms with E-state index in [1.54, 1.807) is 28.6 Å². The molecule has 0 bridgehead atoms. The van der Waals surface area contributed by atoms with Gasteiger partial charge in [-0.15, -0.1) is 0 Å². The lowest BCUT2D eigenvalue weighted by Crippen LogP contribution is -3.13. The number of phenols is 1. The Kier molecular flexibility index (Phi) is 4.71. The number of rotatable bonds is 4. The molecule has 2 heterocycles. The lowest BCUT2D eigenvalue weighted by atomic mass is 10.1. The monoisotopic (exact) mass is 391 g/mol. The maximum Gasteiger partial charge on any atom is 0.243 e. The lowest BCUT2D eigenvalue weighted by molar-refractivity contribution is -0.917. The fraction of sp³-hybridized carbons (Fsp3) is 0.368. The van der Waals surface area contributed by atoms with Crippen molar-refractivity contribution in [2.24, 2.45) is 0 Å². The minimum atomic E-state index is -3.46. The summed E-state index contributed by atoms with van der Waals surface area (Å²) >= 11 is 0. The van der Waals surface area contributed by atoms with Crippen LogP contribution in [0.1, 0.15) is 11.1 Å². The summed E-state index contributed by atoms with van der Waals surface area (Å²) in [7, 11) is -3.46. The topological polar surface area (TPSA) is 80.5 Å². The molecule has 0 spiro atoms. The summed E-state index contributed by atoms with van der Waals surface area (Å²) in [5, 5.41) is 10.2. The molecule has 27 heavy (non-hydrogen) atoms. The van der Waals surface area contributed by atoms with Gasteiger partial charge in [-0.3, -0.25) is 0 Å². The van der Waals surface area contributed by atoms with E-state index in [1.165, 1.54) is 4.90 Å². The van der Waals surface area contributed by atoms with Crippen LogP contribution in [0.25, 0.3) is 0 Å². The Bertz CT molecular complexity index is 935. The summed E-state index contributed by atoms with van der Waals surface area (Å²) in [6, 6.07) is 10.3. The second-order valence-electron chi connectivity index (χ2n) is 6.98. The molecule has 0 aliphatic carbocycles. The molecule has 0 amide bonds. The van der Waals surface area contributed by atoms with Crippen molar-refractivity contribution in [2.45, 2.75) is 18.4 Å². The van der Waals surface area contributed by atoms with Crippen LogP contribution < -0.4 is 14.4 Å². The van der Waals surface area contributed by atoms with Gasteiger partial charge in [-0.2, -0.15) is 4.31 Å². The molecular weight excluding hydrogens is 368 g/mol. The van der Waals surface area contributed by atoms with Crippen molar-refractivity contribution in [1.82, 2.24) is 4.31 Å². The number of hydrogen-bond donors (Lipinski definition) is 2. The number of aryl methyl sites for hydroxylation is 1. The summed E-state index contributed by atoms with van der Waals surface area (Å²) < 4.78 is 37.8. The third-order valence-corrected chi connectivity index (χ3v) is 7.02. The first kappa shape index (κ1) is 18.1. The van der Waals surface area contributed by atoms with Crippen LogP contribution in [0.5, 0.6) is 17.2 Å². The van der Waals surface area contributed by atoms with Crippen molar-refractivity contribution in [1.29, 1.82) is 0 Å². The molecule has 144 valence electrons. The van der Waals surface area contributed by atoms with E-state index >= 15 is 0 Å². The number of phenolic OH excluding ortho intramolecular Hbond substituents is 1. The number of fused-ring (bicyclic) bond motifs is 1. The maximum absolute atomic E-state index is 12.8. The molecule has 2 N–H and O–H groups in total. The number of sulfonamides is 1. The van der Waals surface area contributed by atoms with Gasteiger partial charge in [0.2, 0.25) is 16.8 Å².